The number of piperazine rings is 1. The number of fused-ring (bicyclic) bond motifs is 1. The number of benzene rings is 3. The second-order valence-electron chi connectivity index (χ2n) is 9.93. The summed E-state index contributed by atoms with van der Waals surface area (Å²) in [5, 5.41) is 0.496. The summed E-state index contributed by atoms with van der Waals surface area (Å²) in [5.74, 6) is 0.851. The molecular weight excluding hydrogens is 520 g/mol. The summed E-state index contributed by atoms with van der Waals surface area (Å²) < 4.78 is 7.96. The van der Waals surface area contributed by atoms with Gasteiger partial charge in [-0.25, -0.2) is 4.98 Å². The van der Waals surface area contributed by atoms with Crippen molar-refractivity contribution < 1.29 is 9.53 Å². The Balaban J connectivity index is 1.29. The average molecular weight is 551 g/mol. The Morgan fingerprint density at radius 3 is 2.38 bits per heavy atom. The van der Waals surface area contributed by atoms with Crippen molar-refractivity contribution in [2.24, 2.45) is 0 Å². The van der Waals surface area contributed by atoms with Crippen molar-refractivity contribution in [2.75, 3.05) is 32.8 Å². The fourth-order valence-electron chi connectivity index (χ4n) is 5.30. The van der Waals surface area contributed by atoms with Gasteiger partial charge in [0.15, 0.2) is 0 Å². The van der Waals surface area contributed by atoms with E-state index < -0.39 is 0 Å². The first-order valence-electron chi connectivity index (χ1n) is 13.7. The zero-order valence-electron chi connectivity index (χ0n) is 22.5. The van der Waals surface area contributed by atoms with Crippen LogP contribution in [0.3, 0.4) is 0 Å². The van der Waals surface area contributed by atoms with E-state index in [4.69, 9.17) is 21.3 Å². The highest BCUT2D eigenvalue weighted by atomic mass is 35.5. The highest BCUT2D eigenvalue weighted by Gasteiger charge is 2.25. The maximum atomic E-state index is 13.1. The number of hydrogen-bond acceptors (Lipinski definition) is 4. The molecule has 1 saturated heterocycles. The van der Waals surface area contributed by atoms with Gasteiger partial charge in [-0.3, -0.25) is 9.69 Å². The molecule has 2 aromatic heterocycles. The molecule has 202 valence electrons. The lowest BCUT2D eigenvalue weighted by molar-refractivity contribution is 0.0627. The van der Waals surface area contributed by atoms with Crippen LogP contribution in [0.5, 0.6) is 5.75 Å². The SMILES string of the molecule is CCOc1cccc(-c2ccc3nc(-c4ccccc4)c(CN4CCN(C(=O)c5ccccc5Cl)CC4)n3c2)c1. The number of carbonyl (C=O) groups is 1. The lowest BCUT2D eigenvalue weighted by Gasteiger charge is -2.35. The molecule has 0 saturated carbocycles. The third kappa shape index (κ3) is 5.33. The highest BCUT2D eigenvalue weighted by molar-refractivity contribution is 6.33. The van der Waals surface area contributed by atoms with Crippen molar-refractivity contribution in [3.8, 4) is 28.1 Å². The van der Waals surface area contributed by atoms with E-state index >= 15 is 0 Å². The van der Waals surface area contributed by atoms with Gasteiger partial charge in [0.05, 0.1) is 28.6 Å². The first kappa shape index (κ1) is 26.1. The van der Waals surface area contributed by atoms with Crippen LogP contribution in [0.15, 0.2) is 97.2 Å². The normalized spacial score (nSPS) is 14.0. The van der Waals surface area contributed by atoms with Gasteiger partial charge in [0, 0.05) is 44.5 Å². The monoisotopic (exact) mass is 550 g/mol. The molecule has 5 aromatic rings. The minimum Gasteiger partial charge on any atom is -0.494 e. The van der Waals surface area contributed by atoms with Crippen LogP contribution >= 0.6 is 11.6 Å². The number of rotatable bonds is 7. The van der Waals surface area contributed by atoms with Gasteiger partial charge in [0.2, 0.25) is 0 Å². The molecule has 0 atom stereocenters. The van der Waals surface area contributed by atoms with E-state index in [0.717, 1.165) is 59.1 Å². The average Bonchev–Trinajstić information content (AvgIpc) is 3.35. The van der Waals surface area contributed by atoms with Crippen LogP contribution in [0.2, 0.25) is 5.02 Å². The molecule has 0 aliphatic carbocycles. The summed E-state index contributed by atoms with van der Waals surface area (Å²) in [7, 11) is 0. The summed E-state index contributed by atoms with van der Waals surface area (Å²) in [6.45, 7) is 6.19. The maximum absolute atomic E-state index is 13.1. The van der Waals surface area contributed by atoms with Crippen LogP contribution < -0.4 is 4.74 Å². The van der Waals surface area contributed by atoms with Crippen molar-refractivity contribution >= 4 is 23.2 Å². The number of amides is 1. The fourth-order valence-corrected chi connectivity index (χ4v) is 5.52. The van der Waals surface area contributed by atoms with Gasteiger partial charge >= 0.3 is 0 Å². The highest BCUT2D eigenvalue weighted by Crippen LogP contribution is 2.30. The van der Waals surface area contributed by atoms with Crippen LogP contribution in [0, 0.1) is 0 Å². The second-order valence-corrected chi connectivity index (χ2v) is 10.3. The molecule has 3 heterocycles. The Kier molecular flexibility index (Phi) is 7.53. The molecule has 1 amide bonds. The van der Waals surface area contributed by atoms with Gasteiger partial charge < -0.3 is 14.0 Å². The molecule has 6 rings (SSSR count). The van der Waals surface area contributed by atoms with Crippen LogP contribution in [0.4, 0.5) is 0 Å². The van der Waals surface area contributed by atoms with Crippen molar-refractivity contribution in [2.45, 2.75) is 13.5 Å². The first-order chi connectivity index (χ1) is 19.6. The predicted molar refractivity (Wildman–Crippen MR) is 160 cm³/mol. The van der Waals surface area contributed by atoms with E-state index in [1.807, 2.05) is 54.3 Å². The molecule has 0 spiro atoms. The van der Waals surface area contributed by atoms with Crippen molar-refractivity contribution in [1.82, 2.24) is 19.2 Å². The Labute approximate surface area is 239 Å². The Bertz CT molecular complexity index is 1640. The molecule has 0 N–H and O–H groups in total. The zero-order chi connectivity index (χ0) is 27.5. The lowest BCUT2D eigenvalue weighted by atomic mass is 10.1. The fraction of sp³-hybridized carbons (Fsp3) is 0.212. The van der Waals surface area contributed by atoms with Gasteiger partial charge in [0.1, 0.15) is 11.4 Å². The molecule has 0 radical (unpaired) electrons. The Hall–Kier alpha value is -4.13. The number of ether oxygens (including phenoxy) is 1. The molecule has 3 aromatic carbocycles. The molecule has 1 fully saturated rings. The number of imidazole rings is 1. The van der Waals surface area contributed by atoms with E-state index in [1.165, 1.54) is 0 Å². The molecule has 0 bridgehead atoms. The van der Waals surface area contributed by atoms with Crippen molar-refractivity contribution in [3.63, 3.8) is 0 Å². The Morgan fingerprint density at radius 1 is 0.850 bits per heavy atom. The van der Waals surface area contributed by atoms with Gasteiger partial charge in [-0.2, -0.15) is 0 Å². The molecular formula is C33H31ClN4O2. The lowest BCUT2D eigenvalue weighted by Crippen LogP contribution is -2.48. The van der Waals surface area contributed by atoms with E-state index in [2.05, 4.69) is 51.9 Å². The van der Waals surface area contributed by atoms with E-state index in [9.17, 15) is 4.79 Å². The minimum atomic E-state index is -0.0102. The molecule has 40 heavy (non-hydrogen) atoms. The third-order valence-electron chi connectivity index (χ3n) is 7.38. The summed E-state index contributed by atoms with van der Waals surface area (Å²) in [4.78, 5) is 22.4. The summed E-state index contributed by atoms with van der Waals surface area (Å²) in [5.41, 5.74) is 6.87. The van der Waals surface area contributed by atoms with Crippen LogP contribution in [-0.2, 0) is 6.54 Å². The molecule has 0 unspecified atom stereocenters. The quantitative estimate of drug-likeness (QED) is 0.227. The van der Waals surface area contributed by atoms with Crippen molar-refractivity contribution in [1.29, 1.82) is 0 Å². The summed E-state index contributed by atoms with van der Waals surface area (Å²) in [6.07, 6.45) is 2.17. The molecule has 6 nitrogen and oxygen atoms in total. The topological polar surface area (TPSA) is 50.1 Å². The van der Waals surface area contributed by atoms with E-state index in [-0.39, 0.29) is 5.91 Å². The van der Waals surface area contributed by atoms with Crippen molar-refractivity contribution in [3.05, 3.63) is 113 Å². The Morgan fingerprint density at radius 2 is 1.60 bits per heavy atom. The minimum absolute atomic E-state index is 0.0102. The number of hydrogen-bond donors (Lipinski definition) is 0. The number of halogens is 1. The number of pyridine rings is 1. The van der Waals surface area contributed by atoms with E-state index in [0.29, 0.717) is 30.3 Å². The summed E-state index contributed by atoms with van der Waals surface area (Å²) in [6, 6.07) is 30.0. The van der Waals surface area contributed by atoms with Crippen LogP contribution in [-0.4, -0.2) is 57.9 Å². The van der Waals surface area contributed by atoms with Crippen LogP contribution in [0.25, 0.3) is 28.0 Å². The standard InChI is InChI=1S/C33H31ClN4O2/c1-2-40-27-12-8-11-25(21-27)26-15-16-31-35-32(24-9-4-3-5-10-24)30(38(31)22-26)23-36-17-19-37(20-18-36)33(39)28-13-6-7-14-29(28)34/h3-16,21-22H,2,17-20,23H2,1H3. The molecule has 1 aliphatic heterocycles. The largest absolute Gasteiger partial charge is 0.494 e. The van der Waals surface area contributed by atoms with Gasteiger partial charge in [-0.15, -0.1) is 0 Å². The second kappa shape index (κ2) is 11.5. The number of nitrogens with zero attached hydrogens (tertiary/aromatic N) is 4. The zero-order valence-corrected chi connectivity index (χ0v) is 23.2. The smallest absolute Gasteiger partial charge is 0.255 e. The predicted octanol–water partition coefficient (Wildman–Crippen LogP) is 6.68. The summed E-state index contributed by atoms with van der Waals surface area (Å²) >= 11 is 6.30. The van der Waals surface area contributed by atoms with Gasteiger partial charge in [-0.05, 0) is 54.4 Å². The van der Waals surface area contributed by atoms with Gasteiger partial charge in [-0.1, -0.05) is 66.2 Å². The molecule has 7 heteroatoms. The number of aromatic nitrogens is 2. The molecule has 1 aliphatic rings. The first-order valence-corrected chi connectivity index (χ1v) is 14.0. The van der Waals surface area contributed by atoms with Gasteiger partial charge in [0.25, 0.3) is 5.91 Å². The van der Waals surface area contributed by atoms with E-state index in [1.54, 1.807) is 12.1 Å². The van der Waals surface area contributed by atoms with Crippen LogP contribution in [0.1, 0.15) is 23.0 Å². The number of carbonyl (C=O) groups excluding carboxylic acids is 1. The third-order valence-corrected chi connectivity index (χ3v) is 7.71. The maximum Gasteiger partial charge on any atom is 0.255 e.